The summed E-state index contributed by atoms with van der Waals surface area (Å²) >= 11 is 0. The first-order chi connectivity index (χ1) is 12.3. The number of halogens is 1. The van der Waals surface area contributed by atoms with E-state index >= 15 is 0 Å². The second-order valence-electron chi connectivity index (χ2n) is 5.28. The summed E-state index contributed by atoms with van der Waals surface area (Å²) in [6.45, 7) is 3.95. The lowest BCUT2D eigenvalue weighted by Gasteiger charge is -2.10. The number of aromatic amines is 1. The fraction of sp³-hybridized carbons (Fsp3) is 0.294. The fourth-order valence-electron chi connectivity index (χ4n) is 2.23. The summed E-state index contributed by atoms with van der Waals surface area (Å²) in [4.78, 5) is 13.2. The molecule has 0 spiro atoms. The maximum absolute atomic E-state index is 5.28. The smallest absolute Gasteiger partial charge is 0.216 e. The summed E-state index contributed by atoms with van der Waals surface area (Å²) in [5.41, 5.74) is 1.05. The third kappa shape index (κ3) is 5.83. The first-order valence-electron chi connectivity index (χ1n) is 8.22. The molecule has 3 rings (SSSR count). The Balaban J connectivity index is 0.00000243. The monoisotopic (exact) mass is 467 g/mol. The van der Waals surface area contributed by atoms with Gasteiger partial charge in [0.25, 0.3) is 0 Å². The van der Waals surface area contributed by atoms with E-state index < -0.39 is 0 Å². The van der Waals surface area contributed by atoms with Gasteiger partial charge < -0.3 is 15.1 Å². The van der Waals surface area contributed by atoms with Gasteiger partial charge in [-0.1, -0.05) is 6.07 Å². The summed E-state index contributed by atoms with van der Waals surface area (Å²) in [7, 11) is 0. The normalized spacial score (nSPS) is 11.0. The standard InChI is InChI=1S/C17H21N7O.HI/c1-2-18-17(20-10-8-13-6-3-4-9-19-13)21-12-15-22-16(24-23-15)14-7-5-11-25-14;/h3-7,9,11H,2,8,10,12H2,1H3,(H2,18,20,21)(H,22,23,24);1H. The average Bonchev–Trinajstić information content (AvgIpc) is 3.32. The number of rotatable bonds is 7. The van der Waals surface area contributed by atoms with Gasteiger partial charge >= 0.3 is 0 Å². The van der Waals surface area contributed by atoms with E-state index in [-0.39, 0.29) is 24.0 Å². The molecule has 0 fully saturated rings. The fourth-order valence-corrected chi connectivity index (χ4v) is 2.23. The van der Waals surface area contributed by atoms with Crippen molar-refractivity contribution in [2.24, 2.45) is 4.99 Å². The number of H-pyrrole nitrogens is 1. The van der Waals surface area contributed by atoms with Crippen LogP contribution in [0.3, 0.4) is 0 Å². The van der Waals surface area contributed by atoms with Crippen molar-refractivity contribution < 1.29 is 4.42 Å². The van der Waals surface area contributed by atoms with Gasteiger partial charge in [0.05, 0.1) is 6.26 Å². The van der Waals surface area contributed by atoms with Gasteiger partial charge in [-0.05, 0) is 31.2 Å². The highest BCUT2D eigenvalue weighted by atomic mass is 127. The lowest BCUT2D eigenvalue weighted by atomic mass is 10.3. The van der Waals surface area contributed by atoms with Crippen LogP contribution in [-0.4, -0.2) is 39.2 Å². The zero-order valence-electron chi connectivity index (χ0n) is 14.5. The van der Waals surface area contributed by atoms with Gasteiger partial charge in [0.2, 0.25) is 5.82 Å². The van der Waals surface area contributed by atoms with Gasteiger partial charge in [-0.15, -0.1) is 29.1 Å². The van der Waals surface area contributed by atoms with E-state index in [9.17, 15) is 0 Å². The maximum atomic E-state index is 5.28. The molecule has 0 aliphatic rings. The van der Waals surface area contributed by atoms with Gasteiger partial charge in [0.1, 0.15) is 12.4 Å². The molecular formula is C17H22IN7O. The van der Waals surface area contributed by atoms with Crippen molar-refractivity contribution in [3.8, 4) is 11.6 Å². The molecule has 0 aromatic carbocycles. The van der Waals surface area contributed by atoms with Gasteiger partial charge in [-0.3, -0.25) is 10.1 Å². The van der Waals surface area contributed by atoms with E-state index in [2.05, 4.69) is 35.8 Å². The molecule has 26 heavy (non-hydrogen) atoms. The Morgan fingerprint density at radius 3 is 2.88 bits per heavy atom. The third-order valence-electron chi connectivity index (χ3n) is 3.40. The Labute approximate surface area is 169 Å². The minimum atomic E-state index is 0. The Morgan fingerprint density at radius 1 is 1.23 bits per heavy atom. The minimum Gasteiger partial charge on any atom is -0.461 e. The topological polar surface area (TPSA) is 104 Å². The van der Waals surface area contributed by atoms with Crippen LogP contribution >= 0.6 is 24.0 Å². The molecule has 0 aliphatic carbocycles. The molecule has 8 nitrogen and oxygen atoms in total. The molecule has 3 aromatic heterocycles. The van der Waals surface area contributed by atoms with Crippen molar-refractivity contribution in [3.63, 3.8) is 0 Å². The molecule has 3 N–H and O–H groups in total. The highest BCUT2D eigenvalue weighted by Crippen LogP contribution is 2.14. The summed E-state index contributed by atoms with van der Waals surface area (Å²) in [6, 6.07) is 9.53. The molecule has 0 aliphatic heterocycles. The molecule has 0 unspecified atom stereocenters. The van der Waals surface area contributed by atoms with Crippen molar-refractivity contribution in [1.29, 1.82) is 0 Å². The SMILES string of the molecule is CCNC(=NCc1nc(-c2ccco2)n[nH]1)NCCc1ccccn1.I. The molecule has 0 bridgehead atoms. The Bertz CT molecular complexity index is 787. The molecule has 0 radical (unpaired) electrons. The van der Waals surface area contributed by atoms with E-state index in [1.54, 1.807) is 18.5 Å². The molecule has 0 amide bonds. The van der Waals surface area contributed by atoms with Crippen LogP contribution in [0.2, 0.25) is 0 Å². The molecule has 0 saturated carbocycles. The molecule has 0 atom stereocenters. The van der Waals surface area contributed by atoms with Gasteiger partial charge in [0, 0.05) is 31.4 Å². The van der Waals surface area contributed by atoms with E-state index in [1.165, 1.54) is 0 Å². The predicted molar refractivity (Wildman–Crippen MR) is 110 cm³/mol. The van der Waals surface area contributed by atoms with Gasteiger partial charge in [-0.25, -0.2) is 9.98 Å². The number of hydrogen-bond donors (Lipinski definition) is 3. The summed E-state index contributed by atoms with van der Waals surface area (Å²) in [5.74, 6) is 2.57. The van der Waals surface area contributed by atoms with Crippen LogP contribution in [0.1, 0.15) is 18.4 Å². The van der Waals surface area contributed by atoms with E-state index in [1.807, 2.05) is 31.2 Å². The molecule has 0 saturated heterocycles. The molecule has 3 aromatic rings. The Hall–Kier alpha value is -2.43. The van der Waals surface area contributed by atoms with Crippen molar-refractivity contribution in [2.45, 2.75) is 19.9 Å². The lowest BCUT2D eigenvalue weighted by Crippen LogP contribution is -2.38. The van der Waals surface area contributed by atoms with Crippen LogP contribution in [0.25, 0.3) is 11.6 Å². The maximum Gasteiger partial charge on any atom is 0.216 e. The quantitative estimate of drug-likeness (QED) is 0.280. The van der Waals surface area contributed by atoms with Crippen LogP contribution in [0.4, 0.5) is 0 Å². The number of aromatic nitrogens is 4. The molecule has 3 heterocycles. The van der Waals surface area contributed by atoms with Crippen LogP contribution in [0, 0.1) is 0 Å². The Kier molecular flexibility index (Phi) is 8.06. The molecule has 9 heteroatoms. The highest BCUT2D eigenvalue weighted by Gasteiger charge is 2.08. The van der Waals surface area contributed by atoms with Gasteiger partial charge in [0.15, 0.2) is 11.7 Å². The number of guanidine groups is 1. The third-order valence-corrected chi connectivity index (χ3v) is 3.40. The first kappa shape index (κ1) is 19.9. The number of pyridine rings is 1. The van der Waals surface area contributed by atoms with Crippen LogP contribution < -0.4 is 10.6 Å². The number of aliphatic imine (C=N–C) groups is 1. The average molecular weight is 467 g/mol. The summed E-state index contributed by atoms with van der Waals surface area (Å²) < 4.78 is 5.28. The number of nitrogens with zero attached hydrogens (tertiary/aromatic N) is 4. The first-order valence-corrected chi connectivity index (χ1v) is 8.22. The van der Waals surface area contributed by atoms with Crippen molar-refractivity contribution >= 4 is 29.9 Å². The molecular weight excluding hydrogens is 445 g/mol. The summed E-state index contributed by atoms with van der Waals surface area (Å²) in [5, 5.41) is 13.5. The lowest BCUT2D eigenvalue weighted by molar-refractivity contribution is 0.577. The molecule has 138 valence electrons. The van der Waals surface area contributed by atoms with Gasteiger partial charge in [-0.2, -0.15) is 0 Å². The summed E-state index contributed by atoms with van der Waals surface area (Å²) in [6.07, 6.45) is 4.23. The zero-order valence-corrected chi connectivity index (χ0v) is 16.8. The highest BCUT2D eigenvalue weighted by molar-refractivity contribution is 14.0. The van der Waals surface area contributed by atoms with Crippen molar-refractivity contribution in [3.05, 3.63) is 54.3 Å². The van der Waals surface area contributed by atoms with Crippen LogP contribution in [0.15, 0.2) is 52.2 Å². The van der Waals surface area contributed by atoms with E-state index in [0.717, 1.165) is 31.2 Å². The van der Waals surface area contributed by atoms with Crippen LogP contribution in [-0.2, 0) is 13.0 Å². The van der Waals surface area contributed by atoms with E-state index in [0.29, 0.717) is 24.0 Å². The van der Waals surface area contributed by atoms with E-state index in [4.69, 9.17) is 4.42 Å². The predicted octanol–water partition coefficient (Wildman–Crippen LogP) is 2.38. The van der Waals surface area contributed by atoms with Crippen molar-refractivity contribution in [2.75, 3.05) is 13.1 Å². The van der Waals surface area contributed by atoms with Crippen molar-refractivity contribution in [1.82, 2.24) is 30.8 Å². The second-order valence-corrected chi connectivity index (χ2v) is 5.28. The van der Waals surface area contributed by atoms with Crippen LogP contribution in [0.5, 0.6) is 0 Å². The zero-order chi connectivity index (χ0) is 17.3. The minimum absolute atomic E-state index is 0. The second kappa shape index (κ2) is 10.5. The number of nitrogens with one attached hydrogen (secondary N) is 3. The number of hydrogen-bond acceptors (Lipinski definition) is 5. The number of furan rings is 1. The largest absolute Gasteiger partial charge is 0.461 e. The Morgan fingerprint density at radius 2 is 2.15 bits per heavy atom.